The molecule has 1 aliphatic rings. The lowest BCUT2D eigenvalue weighted by molar-refractivity contribution is -0.148. The van der Waals surface area contributed by atoms with E-state index in [1.807, 2.05) is 0 Å². The van der Waals surface area contributed by atoms with Crippen LogP contribution in [0.1, 0.15) is 78.1 Å². The lowest BCUT2D eigenvalue weighted by Gasteiger charge is -2.36. The summed E-state index contributed by atoms with van der Waals surface area (Å²) < 4.78 is 10.6. The highest BCUT2D eigenvalue weighted by Crippen LogP contribution is 2.38. The van der Waals surface area contributed by atoms with E-state index in [2.05, 4.69) is 19.2 Å². The zero-order valence-corrected chi connectivity index (χ0v) is 20.6. The Hall–Kier alpha value is -1.09. The third-order valence-electron chi connectivity index (χ3n) is 5.55. The van der Waals surface area contributed by atoms with Crippen molar-refractivity contribution in [3.63, 3.8) is 0 Å². The second-order valence-corrected chi connectivity index (χ2v) is 10.9. The molecular weight excluding hydrogens is 438 g/mol. The molecule has 180 valence electrons. The van der Waals surface area contributed by atoms with Crippen LogP contribution < -0.4 is 5.32 Å². The molecule has 1 rings (SSSR count). The first-order valence-corrected chi connectivity index (χ1v) is 13.9. The predicted molar refractivity (Wildman–Crippen MR) is 126 cm³/mol. The van der Waals surface area contributed by atoms with E-state index in [1.54, 1.807) is 21.6 Å². The highest BCUT2D eigenvalue weighted by Gasteiger charge is 2.34. The molecule has 0 aromatic rings. The molecule has 0 heterocycles. The molecule has 1 saturated carbocycles. The Morgan fingerprint density at radius 2 is 1.55 bits per heavy atom. The lowest BCUT2D eigenvalue weighted by atomic mass is 9.72. The van der Waals surface area contributed by atoms with Gasteiger partial charge in [0.25, 0.3) is 0 Å². The number of nitrogens with one attached hydrogen (secondary N) is 1. The minimum atomic E-state index is -0.817. The molecular formula is C22H39NO6S2. The molecule has 7 nitrogen and oxygen atoms in total. The average Bonchev–Trinajstić information content (AvgIpc) is 2.74. The standard InChI is InChI=1S/C22H39NO6S2/c1-3-8-18(9-4-2)20(26)28-12-14-30-31-15-13-29-21(27)23-17-22(16-19(24)25)10-6-5-7-11-22/h18H,3-17H2,1-2H3,(H,23,27)(H,24,25). The Morgan fingerprint density at radius 3 is 2.10 bits per heavy atom. The van der Waals surface area contributed by atoms with Crippen LogP contribution in [-0.4, -0.2) is 54.4 Å². The van der Waals surface area contributed by atoms with E-state index >= 15 is 0 Å². The quantitative estimate of drug-likeness (QED) is 0.176. The van der Waals surface area contributed by atoms with E-state index < -0.39 is 12.1 Å². The number of rotatable bonds is 16. The number of hydrogen-bond acceptors (Lipinski definition) is 7. The number of carbonyl (C=O) groups excluding carboxylic acids is 2. The van der Waals surface area contributed by atoms with Gasteiger partial charge in [-0.25, -0.2) is 4.79 Å². The minimum absolute atomic E-state index is 0.0165. The van der Waals surface area contributed by atoms with Gasteiger partial charge in [-0.2, -0.15) is 0 Å². The second kappa shape index (κ2) is 16.5. The van der Waals surface area contributed by atoms with Gasteiger partial charge in [0.15, 0.2) is 0 Å². The number of alkyl carbamates (subject to hydrolysis) is 1. The molecule has 31 heavy (non-hydrogen) atoms. The molecule has 0 atom stereocenters. The van der Waals surface area contributed by atoms with Gasteiger partial charge in [-0.1, -0.05) is 67.5 Å². The molecule has 1 aliphatic carbocycles. The van der Waals surface area contributed by atoms with Gasteiger partial charge in [0.2, 0.25) is 0 Å². The van der Waals surface area contributed by atoms with E-state index in [0.717, 1.165) is 57.8 Å². The number of amides is 1. The molecule has 0 aliphatic heterocycles. The summed E-state index contributed by atoms with van der Waals surface area (Å²) in [5, 5.41) is 11.9. The van der Waals surface area contributed by atoms with Crippen LogP contribution in [0, 0.1) is 11.3 Å². The summed E-state index contributed by atoms with van der Waals surface area (Å²) in [6.45, 7) is 5.18. The first-order valence-electron chi connectivity index (χ1n) is 11.5. The number of carbonyl (C=O) groups is 3. The first kappa shape index (κ1) is 27.9. The number of carboxylic acid groups (broad SMARTS) is 1. The van der Waals surface area contributed by atoms with Gasteiger partial charge in [-0.05, 0) is 31.1 Å². The zero-order valence-electron chi connectivity index (χ0n) is 19.0. The van der Waals surface area contributed by atoms with Crippen LogP contribution >= 0.6 is 21.6 Å². The maximum absolute atomic E-state index is 12.1. The number of ether oxygens (including phenoxy) is 2. The molecule has 0 aromatic carbocycles. The van der Waals surface area contributed by atoms with Gasteiger partial charge < -0.3 is 19.9 Å². The van der Waals surface area contributed by atoms with Gasteiger partial charge in [-0.15, -0.1) is 0 Å². The summed E-state index contributed by atoms with van der Waals surface area (Å²) in [5.74, 6) is 0.449. The average molecular weight is 478 g/mol. The van der Waals surface area contributed by atoms with Crippen molar-refractivity contribution in [3.05, 3.63) is 0 Å². The van der Waals surface area contributed by atoms with Gasteiger partial charge in [0, 0.05) is 18.1 Å². The molecule has 0 spiro atoms. The predicted octanol–water partition coefficient (Wildman–Crippen LogP) is 5.28. The normalized spacial score (nSPS) is 15.5. The number of hydrogen-bond donors (Lipinski definition) is 2. The smallest absolute Gasteiger partial charge is 0.407 e. The Bertz CT molecular complexity index is 534. The van der Waals surface area contributed by atoms with Gasteiger partial charge >= 0.3 is 18.0 Å². The summed E-state index contributed by atoms with van der Waals surface area (Å²) in [6.07, 6.45) is 8.11. The van der Waals surface area contributed by atoms with Crippen LogP contribution in [0.25, 0.3) is 0 Å². The summed E-state index contributed by atoms with van der Waals surface area (Å²) in [6, 6.07) is 0. The Labute approximate surface area is 194 Å². The molecule has 1 fully saturated rings. The SMILES string of the molecule is CCCC(CCC)C(=O)OCCSSCCOC(=O)NCC1(CC(=O)O)CCCCC1. The second-order valence-electron chi connectivity index (χ2n) is 8.21. The summed E-state index contributed by atoms with van der Waals surface area (Å²) in [5.41, 5.74) is -0.349. The summed E-state index contributed by atoms with van der Waals surface area (Å²) >= 11 is 0. The van der Waals surface area contributed by atoms with Crippen LogP contribution in [0.15, 0.2) is 0 Å². The molecule has 0 saturated heterocycles. The Balaban J connectivity index is 2.10. The van der Waals surface area contributed by atoms with Crippen LogP contribution in [0.3, 0.4) is 0 Å². The highest BCUT2D eigenvalue weighted by molar-refractivity contribution is 8.76. The molecule has 0 radical (unpaired) electrons. The van der Waals surface area contributed by atoms with Crippen LogP contribution in [0.4, 0.5) is 4.79 Å². The topological polar surface area (TPSA) is 102 Å². The van der Waals surface area contributed by atoms with Gasteiger partial charge in [-0.3, -0.25) is 9.59 Å². The fraction of sp³-hybridized carbons (Fsp3) is 0.864. The first-order chi connectivity index (χ1) is 14.9. The van der Waals surface area contributed by atoms with E-state index in [4.69, 9.17) is 9.47 Å². The Morgan fingerprint density at radius 1 is 0.968 bits per heavy atom. The van der Waals surface area contributed by atoms with Crippen molar-refractivity contribution in [1.82, 2.24) is 5.32 Å². The van der Waals surface area contributed by atoms with Crippen molar-refractivity contribution in [3.8, 4) is 0 Å². The number of aliphatic carboxylic acids is 1. The van der Waals surface area contributed by atoms with Crippen molar-refractivity contribution in [2.75, 3.05) is 31.3 Å². The van der Waals surface area contributed by atoms with Crippen molar-refractivity contribution < 1.29 is 29.0 Å². The van der Waals surface area contributed by atoms with Crippen molar-refractivity contribution >= 4 is 39.6 Å². The fourth-order valence-electron chi connectivity index (χ4n) is 4.01. The number of esters is 1. The molecule has 0 bridgehead atoms. The number of carboxylic acids is 1. The maximum atomic E-state index is 12.1. The van der Waals surface area contributed by atoms with Crippen LogP contribution in [0.5, 0.6) is 0 Å². The molecule has 2 N–H and O–H groups in total. The summed E-state index contributed by atoms with van der Waals surface area (Å²) in [7, 11) is 3.16. The molecule has 0 aromatic heterocycles. The monoisotopic (exact) mass is 477 g/mol. The molecule has 0 unspecified atom stereocenters. The van der Waals surface area contributed by atoms with E-state index in [0.29, 0.717) is 24.7 Å². The van der Waals surface area contributed by atoms with E-state index in [9.17, 15) is 19.5 Å². The highest BCUT2D eigenvalue weighted by atomic mass is 33.1. The van der Waals surface area contributed by atoms with Crippen molar-refractivity contribution in [1.29, 1.82) is 0 Å². The molecule has 9 heteroatoms. The summed E-state index contributed by atoms with van der Waals surface area (Å²) in [4.78, 5) is 35.2. The third kappa shape index (κ3) is 12.5. The fourth-order valence-corrected chi connectivity index (χ4v) is 5.66. The van der Waals surface area contributed by atoms with Crippen molar-refractivity contribution in [2.24, 2.45) is 11.3 Å². The Kier molecular flexibility index (Phi) is 14.9. The lowest BCUT2D eigenvalue weighted by Crippen LogP contribution is -2.40. The van der Waals surface area contributed by atoms with Crippen LogP contribution in [-0.2, 0) is 19.1 Å². The third-order valence-corrected chi connectivity index (χ3v) is 7.88. The molecule has 1 amide bonds. The van der Waals surface area contributed by atoms with Crippen molar-refractivity contribution in [2.45, 2.75) is 78.1 Å². The maximum Gasteiger partial charge on any atom is 0.407 e. The van der Waals surface area contributed by atoms with Gasteiger partial charge in [0.1, 0.15) is 13.2 Å². The van der Waals surface area contributed by atoms with Crippen LogP contribution in [0.2, 0.25) is 0 Å². The largest absolute Gasteiger partial charge is 0.481 e. The van der Waals surface area contributed by atoms with Gasteiger partial charge in [0.05, 0.1) is 12.3 Å². The van der Waals surface area contributed by atoms with E-state index in [1.165, 1.54) is 0 Å². The zero-order chi connectivity index (χ0) is 23.0. The van der Waals surface area contributed by atoms with E-state index in [-0.39, 0.29) is 30.3 Å². The minimum Gasteiger partial charge on any atom is -0.481 e.